The highest BCUT2D eigenvalue weighted by Gasteiger charge is 2.22. The number of benzene rings is 1. The van der Waals surface area contributed by atoms with Gasteiger partial charge in [-0.25, -0.2) is 9.97 Å². The molecular weight excluding hydrogens is 326 g/mol. The minimum atomic E-state index is 0.153. The van der Waals surface area contributed by atoms with Crippen LogP contribution in [0.15, 0.2) is 48.8 Å². The van der Waals surface area contributed by atoms with Crippen molar-refractivity contribution in [2.24, 2.45) is 0 Å². The second-order valence-electron chi connectivity index (χ2n) is 6.54. The van der Waals surface area contributed by atoms with E-state index in [0.717, 1.165) is 41.2 Å². The molecule has 1 aliphatic heterocycles. The van der Waals surface area contributed by atoms with Crippen molar-refractivity contribution in [3.63, 3.8) is 0 Å². The number of pyridine rings is 1. The van der Waals surface area contributed by atoms with E-state index in [1.807, 2.05) is 42.2 Å². The normalized spacial score (nSPS) is 14.7. The zero-order valence-corrected chi connectivity index (χ0v) is 14.8. The number of rotatable bonds is 3. The molecule has 2 aromatic heterocycles. The van der Waals surface area contributed by atoms with E-state index < -0.39 is 0 Å². The molecule has 3 aromatic rings. The third-order valence-corrected chi connectivity index (χ3v) is 4.72. The number of aromatic nitrogens is 3. The lowest BCUT2D eigenvalue weighted by Crippen LogP contribution is -2.49. The molecule has 1 saturated heterocycles. The van der Waals surface area contributed by atoms with Crippen molar-refractivity contribution in [1.82, 2.24) is 19.9 Å². The molecule has 0 bridgehead atoms. The van der Waals surface area contributed by atoms with Crippen molar-refractivity contribution in [1.29, 1.82) is 0 Å². The number of piperazine rings is 1. The van der Waals surface area contributed by atoms with Crippen LogP contribution in [0.5, 0.6) is 0 Å². The summed E-state index contributed by atoms with van der Waals surface area (Å²) in [5.41, 5.74) is 1.92. The fraction of sp³-hybridized carbons (Fsp3) is 0.300. The summed E-state index contributed by atoms with van der Waals surface area (Å²) in [4.78, 5) is 29.8. The summed E-state index contributed by atoms with van der Waals surface area (Å²) in [6.45, 7) is 4.89. The Bertz CT molecular complexity index is 934. The lowest BCUT2D eigenvalue weighted by atomic mass is 10.1. The van der Waals surface area contributed by atoms with E-state index in [-0.39, 0.29) is 5.91 Å². The zero-order chi connectivity index (χ0) is 17.9. The van der Waals surface area contributed by atoms with Crippen molar-refractivity contribution in [3.8, 4) is 0 Å². The van der Waals surface area contributed by atoms with E-state index in [1.165, 1.54) is 0 Å². The summed E-state index contributed by atoms with van der Waals surface area (Å²) in [5.74, 6) is 1.86. The summed E-state index contributed by atoms with van der Waals surface area (Å²) in [5, 5.41) is 1.07. The van der Waals surface area contributed by atoms with Gasteiger partial charge in [-0.15, -0.1) is 0 Å². The molecule has 1 aliphatic rings. The predicted octanol–water partition coefficient (Wildman–Crippen LogP) is 2.22. The second-order valence-corrected chi connectivity index (χ2v) is 6.54. The van der Waals surface area contributed by atoms with Gasteiger partial charge in [-0.1, -0.05) is 18.2 Å². The van der Waals surface area contributed by atoms with E-state index in [1.54, 1.807) is 12.4 Å². The Labute approximate surface area is 152 Å². The molecule has 6 heteroatoms. The Kier molecular flexibility index (Phi) is 4.48. The Morgan fingerprint density at radius 1 is 1.08 bits per heavy atom. The first-order chi connectivity index (χ1) is 12.7. The van der Waals surface area contributed by atoms with E-state index in [0.29, 0.717) is 19.5 Å². The second kappa shape index (κ2) is 7.07. The van der Waals surface area contributed by atoms with Gasteiger partial charge in [0, 0.05) is 44.0 Å². The van der Waals surface area contributed by atoms with Crippen LogP contribution in [0.1, 0.15) is 11.4 Å². The summed E-state index contributed by atoms with van der Waals surface area (Å²) >= 11 is 0. The molecule has 1 fully saturated rings. The van der Waals surface area contributed by atoms with Gasteiger partial charge in [0.15, 0.2) is 0 Å². The van der Waals surface area contributed by atoms with Gasteiger partial charge in [0.25, 0.3) is 0 Å². The minimum Gasteiger partial charge on any atom is -0.353 e. The van der Waals surface area contributed by atoms with Gasteiger partial charge in [-0.3, -0.25) is 9.78 Å². The van der Waals surface area contributed by atoms with Crippen molar-refractivity contribution >= 4 is 22.6 Å². The molecule has 26 heavy (non-hydrogen) atoms. The number of aryl methyl sites for hydroxylation is 1. The lowest BCUT2D eigenvalue weighted by Gasteiger charge is -2.35. The van der Waals surface area contributed by atoms with Crippen LogP contribution in [0.2, 0.25) is 0 Å². The number of anilines is 1. The maximum atomic E-state index is 12.7. The molecule has 1 amide bonds. The molecule has 6 nitrogen and oxygen atoms in total. The number of nitrogens with zero attached hydrogens (tertiary/aromatic N) is 5. The number of para-hydroxylation sites is 1. The fourth-order valence-corrected chi connectivity index (χ4v) is 3.30. The Morgan fingerprint density at radius 3 is 2.69 bits per heavy atom. The van der Waals surface area contributed by atoms with Crippen LogP contribution in [0.4, 0.5) is 5.82 Å². The van der Waals surface area contributed by atoms with Gasteiger partial charge >= 0.3 is 0 Å². The fourth-order valence-electron chi connectivity index (χ4n) is 3.30. The van der Waals surface area contributed by atoms with Crippen molar-refractivity contribution in [2.45, 2.75) is 13.3 Å². The van der Waals surface area contributed by atoms with Crippen molar-refractivity contribution in [3.05, 3.63) is 60.2 Å². The van der Waals surface area contributed by atoms with Gasteiger partial charge in [0.2, 0.25) is 5.91 Å². The first-order valence-corrected chi connectivity index (χ1v) is 8.85. The largest absolute Gasteiger partial charge is 0.353 e. The van der Waals surface area contributed by atoms with Gasteiger partial charge < -0.3 is 9.80 Å². The van der Waals surface area contributed by atoms with Crippen LogP contribution in [-0.4, -0.2) is 51.9 Å². The Balaban J connectivity index is 1.38. The molecule has 4 rings (SSSR count). The Morgan fingerprint density at radius 2 is 1.88 bits per heavy atom. The highest BCUT2D eigenvalue weighted by molar-refractivity contribution is 5.82. The molecule has 0 aliphatic carbocycles. The molecule has 0 spiro atoms. The van der Waals surface area contributed by atoms with Gasteiger partial charge in [0.05, 0.1) is 11.9 Å². The number of amides is 1. The first kappa shape index (κ1) is 16.4. The number of hydrogen-bond acceptors (Lipinski definition) is 5. The molecule has 0 radical (unpaired) electrons. The number of fused-ring (bicyclic) bond motifs is 1. The van der Waals surface area contributed by atoms with Gasteiger partial charge in [-0.2, -0.15) is 0 Å². The third kappa shape index (κ3) is 3.49. The summed E-state index contributed by atoms with van der Waals surface area (Å²) in [6, 6.07) is 11.9. The zero-order valence-electron chi connectivity index (χ0n) is 14.8. The summed E-state index contributed by atoms with van der Waals surface area (Å²) in [7, 11) is 0. The topological polar surface area (TPSA) is 62.2 Å². The van der Waals surface area contributed by atoms with Gasteiger partial charge in [0.1, 0.15) is 11.6 Å². The number of hydrogen-bond donors (Lipinski definition) is 0. The van der Waals surface area contributed by atoms with E-state index in [9.17, 15) is 4.79 Å². The maximum absolute atomic E-state index is 12.7. The van der Waals surface area contributed by atoms with Crippen LogP contribution < -0.4 is 4.90 Å². The van der Waals surface area contributed by atoms with Crippen LogP contribution in [0, 0.1) is 6.92 Å². The van der Waals surface area contributed by atoms with Crippen LogP contribution in [0.3, 0.4) is 0 Å². The van der Waals surface area contributed by atoms with Crippen LogP contribution >= 0.6 is 0 Å². The molecule has 0 saturated carbocycles. The highest BCUT2D eigenvalue weighted by Crippen LogP contribution is 2.16. The van der Waals surface area contributed by atoms with Crippen molar-refractivity contribution < 1.29 is 4.79 Å². The maximum Gasteiger partial charge on any atom is 0.227 e. The predicted molar refractivity (Wildman–Crippen MR) is 101 cm³/mol. The molecule has 3 heterocycles. The molecule has 0 unspecified atom stereocenters. The molecule has 0 atom stereocenters. The minimum absolute atomic E-state index is 0.153. The summed E-state index contributed by atoms with van der Waals surface area (Å²) in [6.07, 6.45) is 3.98. The average Bonchev–Trinajstić information content (AvgIpc) is 2.68. The highest BCUT2D eigenvalue weighted by atomic mass is 16.2. The number of carbonyl (C=O) groups excluding carboxylic acids is 1. The smallest absolute Gasteiger partial charge is 0.227 e. The third-order valence-electron chi connectivity index (χ3n) is 4.72. The average molecular weight is 347 g/mol. The lowest BCUT2D eigenvalue weighted by molar-refractivity contribution is -0.130. The van der Waals surface area contributed by atoms with E-state index >= 15 is 0 Å². The summed E-state index contributed by atoms with van der Waals surface area (Å²) < 4.78 is 0. The molecule has 0 N–H and O–H groups in total. The quantitative estimate of drug-likeness (QED) is 0.727. The Hall–Kier alpha value is -3.02. The van der Waals surface area contributed by atoms with Gasteiger partial charge in [-0.05, 0) is 30.7 Å². The molecular formula is C20H21N5O. The standard InChI is InChI=1S/C20H21N5O/c1-15-21-7-6-19(23-15)24-8-10-25(11-9-24)20(26)13-16-12-17-4-2-3-5-18(17)22-14-16/h2-7,12,14H,8-11,13H2,1H3. The number of carbonyl (C=O) groups is 1. The molecule has 132 valence electrons. The van der Waals surface area contributed by atoms with E-state index in [4.69, 9.17) is 0 Å². The van der Waals surface area contributed by atoms with Crippen LogP contribution in [0.25, 0.3) is 10.9 Å². The monoisotopic (exact) mass is 347 g/mol. The van der Waals surface area contributed by atoms with Crippen molar-refractivity contribution in [2.75, 3.05) is 31.1 Å². The first-order valence-electron chi connectivity index (χ1n) is 8.85. The molecule has 1 aromatic carbocycles. The van der Waals surface area contributed by atoms with Crippen LogP contribution in [-0.2, 0) is 11.2 Å². The van der Waals surface area contributed by atoms with E-state index in [2.05, 4.69) is 25.9 Å². The SMILES string of the molecule is Cc1nccc(N2CCN(C(=O)Cc3cnc4ccccc4c3)CC2)n1.